The van der Waals surface area contributed by atoms with Crippen molar-refractivity contribution in [2.75, 3.05) is 13.1 Å². The number of nitrogens with one attached hydrogen (secondary N) is 1. The molecule has 2 nitrogen and oxygen atoms in total. The zero-order valence-electron chi connectivity index (χ0n) is 13.0. The van der Waals surface area contributed by atoms with Crippen LogP contribution in [0.25, 0.3) is 0 Å². The second kappa shape index (κ2) is 6.38. The first-order chi connectivity index (χ1) is 9.06. The van der Waals surface area contributed by atoms with Crippen LogP contribution in [0.3, 0.4) is 0 Å². The van der Waals surface area contributed by atoms with Crippen LogP contribution < -0.4 is 5.32 Å². The molecule has 0 spiro atoms. The third-order valence-corrected chi connectivity index (χ3v) is 5.52. The number of nitrogens with zero attached hydrogens (tertiary/aromatic N) is 1. The van der Waals surface area contributed by atoms with Crippen LogP contribution in [0, 0.1) is 13.8 Å². The van der Waals surface area contributed by atoms with Crippen LogP contribution in [0.5, 0.6) is 0 Å². The van der Waals surface area contributed by atoms with E-state index in [1.54, 1.807) is 0 Å². The summed E-state index contributed by atoms with van der Waals surface area (Å²) in [6.07, 6.45) is 2.46. The molecule has 1 aromatic heterocycles. The molecule has 1 aliphatic rings. The highest BCUT2D eigenvalue weighted by Gasteiger charge is 2.30. The highest BCUT2D eigenvalue weighted by Crippen LogP contribution is 2.32. The molecule has 2 heterocycles. The molecular formula is C16H28N2S. The van der Waals surface area contributed by atoms with Crippen molar-refractivity contribution in [2.45, 2.75) is 65.6 Å². The zero-order chi connectivity index (χ0) is 14.0. The SMILES string of the molecule is CCC1CN(C(C)c2cc(C)sc2C)C(CC)CN1. The number of hydrogen-bond acceptors (Lipinski definition) is 3. The van der Waals surface area contributed by atoms with E-state index in [0.29, 0.717) is 18.1 Å². The molecule has 3 heteroatoms. The van der Waals surface area contributed by atoms with Gasteiger partial charge in [-0.15, -0.1) is 11.3 Å². The highest BCUT2D eigenvalue weighted by atomic mass is 32.1. The lowest BCUT2D eigenvalue weighted by Crippen LogP contribution is -2.56. The van der Waals surface area contributed by atoms with Crippen LogP contribution in [0.2, 0.25) is 0 Å². The third-order valence-electron chi connectivity index (χ3n) is 4.53. The van der Waals surface area contributed by atoms with E-state index in [4.69, 9.17) is 0 Å². The lowest BCUT2D eigenvalue weighted by atomic mass is 9.99. The first-order valence-electron chi connectivity index (χ1n) is 7.62. The van der Waals surface area contributed by atoms with Crippen molar-refractivity contribution in [2.24, 2.45) is 0 Å². The minimum absolute atomic E-state index is 0.547. The summed E-state index contributed by atoms with van der Waals surface area (Å²) >= 11 is 1.93. The smallest absolute Gasteiger partial charge is 0.0335 e. The predicted octanol–water partition coefficient (Wildman–Crippen LogP) is 3.89. The first-order valence-corrected chi connectivity index (χ1v) is 8.44. The number of hydrogen-bond donors (Lipinski definition) is 1. The minimum Gasteiger partial charge on any atom is -0.311 e. The van der Waals surface area contributed by atoms with E-state index in [1.807, 2.05) is 11.3 Å². The van der Waals surface area contributed by atoms with Crippen molar-refractivity contribution in [1.29, 1.82) is 0 Å². The molecule has 0 aliphatic carbocycles. The van der Waals surface area contributed by atoms with Crippen molar-refractivity contribution in [3.8, 4) is 0 Å². The normalized spacial score (nSPS) is 26.6. The fraction of sp³-hybridized carbons (Fsp3) is 0.750. The van der Waals surface area contributed by atoms with Gasteiger partial charge in [-0.1, -0.05) is 13.8 Å². The fourth-order valence-electron chi connectivity index (χ4n) is 3.26. The van der Waals surface area contributed by atoms with E-state index in [-0.39, 0.29) is 0 Å². The Morgan fingerprint density at radius 3 is 2.63 bits per heavy atom. The number of aryl methyl sites for hydroxylation is 2. The Kier molecular flexibility index (Phi) is 5.04. The molecule has 0 amide bonds. The average Bonchev–Trinajstić information content (AvgIpc) is 2.76. The molecule has 19 heavy (non-hydrogen) atoms. The Hall–Kier alpha value is -0.380. The quantitative estimate of drug-likeness (QED) is 0.900. The van der Waals surface area contributed by atoms with Gasteiger partial charge in [0.05, 0.1) is 0 Å². The van der Waals surface area contributed by atoms with E-state index < -0.39 is 0 Å². The molecule has 1 saturated heterocycles. The van der Waals surface area contributed by atoms with Crippen molar-refractivity contribution < 1.29 is 0 Å². The van der Waals surface area contributed by atoms with E-state index in [9.17, 15) is 0 Å². The lowest BCUT2D eigenvalue weighted by molar-refractivity contribution is 0.0849. The lowest BCUT2D eigenvalue weighted by Gasteiger charge is -2.43. The Labute approximate surface area is 122 Å². The Balaban J connectivity index is 2.18. The summed E-state index contributed by atoms with van der Waals surface area (Å²) in [4.78, 5) is 5.65. The third kappa shape index (κ3) is 3.21. The molecule has 1 N–H and O–H groups in total. The molecule has 0 saturated carbocycles. The maximum Gasteiger partial charge on any atom is 0.0335 e. The van der Waals surface area contributed by atoms with Crippen molar-refractivity contribution in [3.63, 3.8) is 0 Å². The van der Waals surface area contributed by atoms with Crippen molar-refractivity contribution >= 4 is 11.3 Å². The zero-order valence-corrected chi connectivity index (χ0v) is 13.8. The Bertz CT molecular complexity index is 413. The highest BCUT2D eigenvalue weighted by molar-refractivity contribution is 7.12. The van der Waals surface area contributed by atoms with Gasteiger partial charge in [0, 0.05) is 41.0 Å². The van der Waals surface area contributed by atoms with Crippen LogP contribution in [0.15, 0.2) is 6.07 Å². The van der Waals surface area contributed by atoms with Gasteiger partial charge < -0.3 is 5.32 Å². The average molecular weight is 280 g/mol. The Morgan fingerprint density at radius 1 is 1.37 bits per heavy atom. The summed E-state index contributed by atoms with van der Waals surface area (Å²) in [5.74, 6) is 0. The van der Waals surface area contributed by atoms with Crippen LogP contribution >= 0.6 is 11.3 Å². The molecule has 0 bridgehead atoms. The van der Waals surface area contributed by atoms with Crippen molar-refractivity contribution in [1.82, 2.24) is 10.2 Å². The summed E-state index contributed by atoms with van der Waals surface area (Å²) in [6.45, 7) is 13.8. The molecule has 2 rings (SSSR count). The number of piperazine rings is 1. The summed E-state index contributed by atoms with van der Waals surface area (Å²) in [5, 5.41) is 3.69. The summed E-state index contributed by atoms with van der Waals surface area (Å²) < 4.78 is 0. The van der Waals surface area contributed by atoms with Crippen LogP contribution in [-0.4, -0.2) is 30.1 Å². The second-order valence-electron chi connectivity index (χ2n) is 5.82. The summed E-state index contributed by atoms with van der Waals surface area (Å²) in [6, 6.07) is 4.27. The van der Waals surface area contributed by atoms with Gasteiger partial charge in [-0.3, -0.25) is 4.90 Å². The van der Waals surface area contributed by atoms with Gasteiger partial charge in [-0.25, -0.2) is 0 Å². The second-order valence-corrected chi connectivity index (χ2v) is 7.28. The topological polar surface area (TPSA) is 15.3 Å². The van der Waals surface area contributed by atoms with Crippen molar-refractivity contribution in [3.05, 3.63) is 21.4 Å². The summed E-state index contributed by atoms with van der Waals surface area (Å²) in [5.41, 5.74) is 1.54. The predicted molar refractivity (Wildman–Crippen MR) is 85.1 cm³/mol. The van der Waals surface area contributed by atoms with Gasteiger partial charge in [0.15, 0.2) is 0 Å². The Morgan fingerprint density at radius 2 is 2.11 bits per heavy atom. The number of rotatable bonds is 4. The monoisotopic (exact) mass is 280 g/mol. The molecule has 3 unspecified atom stereocenters. The fourth-order valence-corrected chi connectivity index (χ4v) is 4.27. The van der Waals surface area contributed by atoms with Gasteiger partial charge in [0.25, 0.3) is 0 Å². The minimum atomic E-state index is 0.547. The number of thiophene rings is 1. The van der Waals surface area contributed by atoms with E-state index in [2.05, 4.69) is 50.9 Å². The van der Waals surface area contributed by atoms with Gasteiger partial charge >= 0.3 is 0 Å². The van der Waals surface area contributed by atoms with Gasteiger partial charge in [-0.05, 0) is 45.2 Å². The van der Waals surface area contributed by atoms with Gasteiger partial charge in [0.1, 0.15) is 0 Å². The van der Waals surface area contributed by atoms with Crippen LogP contribution in [-0.2, 0) is 0 Å². The van der Waals surface area contributed by atoms with E-state index in [0.717, 1.165) is 6.54 Å². The largest absolute Gasteiger partial charge is 0.311 e. The van der Waals surface area contributed by atoms with Gasteiger partial charge in [0.2, 0.25) is 0 Å². The molecule has 0 aromatic carbocycles. The molecule has 0 radical (unpaired) electrons. The molecule has 1 aromatic rings. The standard InChI is InChI=1S/C16H28N2S/c1-6-14-10-18(15(7-2)9-17-14)12(4)16-8-11(3)19-13(16)5/h8,12,14-15,17H,6-7,9-10H2,1-5H3. The van der Waals surface area contributed by atoms with E-state index in [1.165, 1.54) is 34.7 Å². The molecule has 1 aliphatic heterocycles. The molecule has 1 fully saturated rings. The maximum absolute atomic E-state index is 3.69. The van der Waals surface area contributed by atoms with Gasteiger partial charge in [-0.2, -0.15) is 0 Å². The van der Waals surface area contributed by atoms with Crippen LogP contribution in [0.1, 0.15) is 55.0 Å². The van der Waals surface area contributed by atoms with Crippen LogP contribution in [0.4, 0.5) is 0 Å². The van der Waals surface area contributed by atoms with E-state index >= 15 is 0 Å². The summed E-state index contributed by atoms with van der Waals surface area (Å²) in [7, 11) is 0. The molecular weight excluding hydrogens is 252 g/mol. The first kappa shape index (κ1) is 15.0. The molecule has 3 atom stereocenters. The molecule has 108 valence electrons. The maximum atomic E-state index is 3.69.